The van der Waals surface area contributed by atoms with Crippen molar-refractivity contribution in [2.75, 3.05) is 13.2 Å². The first-order valence-corrected chi connectivity index (χ1v) is 9.97. The van der Waals surface area contributed by atoms with Gasteiger partial charge >= 0.3 is 5.69 Å². The number of nitro benzene ring substituents is 1. The van der Waals surface area contributed by atoms with Crippen molar-refractivity contribution in [3.63, 3.8) is 0 Å². The van der Waals surface area contributed by atoms with Crippen LogP contribution >= 0.6 is 0 Å². The van der Waals surface area contributed by atoms with E-state index >= 15 is 0 Å². The van der Waals surface area contributed by atoms with Gasteiger partial charge in [0, 0.05) is 6.07 Å². The summed E-state index contributed by atoms with van der Waals surface area (Å²) in [5.41, 5.74) is -0.175. The predicted octanol–water partition coefficient (Wildman–Crippen LogP) is 3.50. The number of nitrogens with zero attached hydrogens (tertiary/aromatic N) is 1. The highest BCUT2D eigenvalue weighted by Gasteiger charge is 2.34. The van der Waals surface area contributed by atoms with Gasteiger partial charge < -0.3 is 9.47 Å². The Morgan fingerprint density at radius 2 is 1.78 bits per heavy atom. The van der Waals surface area contributed by atoms with E-state index in [2.05, 4.69) is 0 Å². The molecule has 0 aromatic heterocycles. The van der Waals surface area contributed by atoms with Gasteiger partial charge in [0.2, 0.25) is 15.6 Å². The van der Waals surface area contributed by atoms with Crippen LogP contribution in [0.5, 0.6) is 5.75 Å². The normalized spacial score (nSPS) is 16.8. The van der Waals surface area contributed by atoms with Crippen molar-refractivity contribution >= 4 is 15.5 Å². The van der Waals surface area contributed by atoms with E-state index < -0.39 is 20.2 Å². The van der Waals surface area contributed by atoms with Gasteiger partial charge in [-0.1, -0.05) is 45.0 Å². The molecule has 1 unspecified atom stereocenters. The van der Waals surface area contributed by atoms with Crippen LogP contribution in [0.25, 0.3) is 0 Å². The summed E-state index contributed by atoms with van der Waals surface area (Å²) < 4.78 is 37.4. The molecule has 2 aromatic carbocycles. The fraction of sp³-hybridized carbons (Fsp3) is 0.368. The number of hydrogen-bond acceptors (Lipinski definition) is 6. The van der Waals surface area contributed by atoms with E-state index in [-0.39, 0.29) is 33.9 Å². The fourth-order valence-electron chi connectivity index (χ4n) is 2.78. The third-order valence-electron chi connectivity index (χ3n) is 4.24. The Labute approximate surface area is 158 Å². The van der Waals surface area contributed by atoms with Crippen molar-refractivity contribution in [2.24, 2.45) is 0 Å². The van der Waals surface area contributed by atoms with E-state index in [1.165, 1.54) is 24.3 Å². The van der Waals surface area contributed by atoms with Gasteiger partial charge in [0.05, 0.1) is 16.4 Å². The van der Waals surface area contributed by atoms with E-state index in [0.717, 1.165) is 0 Å². The van der Waals surface area contributed by atoms with Gasteiger partial charge in [-0.05, 0) is 23.1 Å². The molecule has 1 saturated heterocycles. The van der Waals surface area contributed by atoms with Crippen LogP contribution in [0.2, 0.25) is 0 Å². The predicted molar refractivity (Wildman–Crippen MR) is 98.9 cm³/mol. The zero-order chi connectivity index (χ0) is 19.8. The molecule has 1 aliphatic rings. The molecule has 0 aliphatic carbocycles. The molecule has 2 aromatic rings. The summed E-state index contributed by atoms with van der Waals surface area (Å²) >= 11 is 0. The van der Waals surface area contributed by atoms with Crippen molar-refractivity contribution in [1.29, 1.82) is 0 Å². The molecule has 3 rings (SSSR count). The van der Waals surface area contributed by atoms with E-state index in [9.17, 15) is 18.5 Å². The molecule has 7 nitrogen and oxygen atoms in total. The molecule has 0 N–H and O–H groups in total. The van der Waals surface area contributed by atoms with E-state index in [1.807, 2.05) is 20.8 Å². The Hall–Kier alpha value is -2.45. The largest absolute Gasteiger partial charge is 0.483 e. The zero-order valence-corrected chi connectivity index (χ0v) is 16.2. The number of benzene rings is 2. The lowest BCUT2D eigenvalue weighted by atomic mass is 9.87. The lowest BCUT2D eigenvalue weighted by Gasteiger charge is -2.23. The summed E-state index contributed by atoms with van der Waals surface area (Å²) in [5, 5.41) is 11.4. The van der Waals surface area contributed by atoms with Crippen LogP contribution in [0.4, 0.5) is 5.69 Å². The highest BCUT2D eigenvalue weighted by atomic mass is 32.2. The molecule has 0 amide bonds. The second-order valence-electron chi connectivity index (χ2n) is 7.38. The van der Waals surface area contributed by atoms with Crippen molar-refractivity contribution in [3.05, 3.63) is 58.1 Å². The lowest BCUT2D eigenvalue weighted by Crippen LogP contribution is -2.18. The molecular weight excluding hydrogens is 370 g/mol. The van der Waals surface area contributed by atoms with Crippen molar-refractivity contribution in [3.8, 4) is 5.75 Å². The Morgan fingerprint density at radius 1 is 1.15 bits per heavy atom. The number of para-hydroxylation sites is 1. The number of nitro groups is 1. The molecule has 1 aliphatic heterocycles. The van der Waals surface area contributed by atoms with E-state index in [1.54, 1.807) is 18.2 Å². The highest BCUT2D eigenvalue weighted by molar-refractivity contribution is 7.91. The average molecular weight is 391 g/mol. The third kappa shape index (κ3) is 3.96. The first-order chi connectivity index (χ1) is 12.6. The first kappa shape index (κ1) is 19.3. The SMILES string of the molecule is CC(C)(C)c1ccccc1S(=O)(=O)c1cccc([N+](=O)[O-])c1OCC1CO1. The van der Waals surface area contributed by atoms with Crippen molar-refractivity contribution < 1.29 is 22.8 Å². The van der Waals surface area contributed by atoms with E-state index in [0.29, 0.717) is 12.2 Å². The maximum atomic E-state index is 13.4. The first-order valence-electron chi connectivity index (χ1n) is 8.49. The minimum Gasteiger partial charge on any atom is -0.483 e. The lowest BCUT2D eigenvalue weighted by molar-refractivity contribution is -0.386. The standard InChI is InChI=1S/C19H21NO6S/c1-19(2,3)14-7-4-5-9-16(14)27(23,24)17-10-6-8-15(20(21)22)18(17)26-12-13-11-25-13/h4-10,13H,11-12H2,1-3H3. The number of ether oxygens (including phenoxy) is 2. The van der Waals surface area contributed by atoms with Gasteiger partial charge in [0.15, 0.2) is 0 Å². The molecule has 0 radical (unpaired) electrons. The van der Waals surface area contributed by atoms with Crippen LogP contribution in [-0.4, -0.2) is 32.7 Å². The summed E-state index contributed by atoms with van der Waals surface area (Å²) in [4.78, 5) is 10.7. The molecule has 1 heterocycles. The summed E-state index contributed by atoms with van der Waals surface area (Å²) in [6.45, 7) is 6.30. The van der Waals surface area contributed by atoms with Gasteiger partial charge in [-0.2, -0.15) is 0 Å². The minimum absolute atomic E-state index is 0.0638. The van der Waals surface area contributed by atoms with Crippen molar-refractivity contribution in [2.45, 2.75) is 42.1 Å². The summed E-state index contributed by atoms with van der Waals surface area (Å²) in [5.74, 6) is -0.248. The molecule has 0 spiro atoms. The molecule has 27 heavy (non-hydrogen) atoms. The number of rotatable bonds is 6. The van der Waals surface area contributed by atoms with Gasteiger partial charge in [0.25, 0.3) is 0 Å². The quantitative estimate of drug-likeness (QED) is 0.424. The molecule has 144 valence electrons. The third-order valence-corrected chi connectivity index (χ3v) is 6.08. The monoisotopic (exact) mass is 391 g/mol. The van der Waals surface area contributed by atoms with Crippen molar-refractivity contribution in [1.82, 2.24) is 0 Å². The van der Waals surface area contributed by atoms with Crippen LogP contribution in [0.15, 0.2) is 52.3 Å². The number of epoxide rings is 1. The van der Waals surface area contributed by atoms with Crippen LogP contribution in [0, 0.1) is 10.1 Å². The fourth-order valence-corrected chi connectivity index (χ4v) is 4.61. The number of sulfone groups is 1. The molecular formula is C19H21NO6S. The second-order valence-corrected chi connectivity index (χ2v) is 9.26. The van der Waals surface area contributed by atoms with Crippen LogP contribution in [0.3, 0.4) is 0 Å². The summed E-state index contributed by atoms with van der Waals surface area (Å²) in [7, 11) is -4.04. The average Bonchev–Trinajstić information content (AvgIpc) is 3.43. The minimum atomic E-state index is -4.04. The Bertz CT molecular complexity index is 974. The van der Waals surface area contributed by atoms with Crippen LogP contribution in [-0.2, 0) is 20.0 Å². The smallest absolute Gasteiger partial charge is 0.312 e. The summed E-state index contributed by atoms with van der Waals surface area (Å²) in [6, 6.07) is 10.6. The number of hydrogen-bond donors (Lipinski definition) is 0. The zero-order valence-electron chi connectivity index (χ0n) is 15.3. The van der Waals surface area contributed by atoms with E-state index in [4.69, 9.17) is 9.47 Å². The van der Waals surface area contributed by atoms with Gasteiger partial charge in [0.1, 0.15) is 17.6 Å². The van der Waals surface area contributed by atoms with Gasteiger partial charge in [-0.15, -0.1) is 0 Å². The highest BCUT2D eigenvalue weighted by Crippen LogP contribution is 2.40. The topological polar surface area (TPSA) is 99.0 Å². The molecule has 0 saturated carbocycles. The Morgan fingerprint density at radius 3 is 2.37 bits per heavy atom. The van der Waals surface area contributed by atoms with Crippen LogP contribution < -0.4 is 4.74 Å². The maximum Gasteiger partial charge on any atom is 0.312 e. The summed E-state index contributed by atoms with van der Waals surface area (Å²) in [6.07, 6.45) is -0.165. The molecule has 1 atom stereocenters. The Balaban J connectivity index is 2.18. The molecule has 0 bridgehead atoms. The van der Waals surface area contributed by atoms with Gasteiger partial charge in [-0.3, -0.25) is 10.1 Å². The van der Waals surface area contributed by atoms with Gasteiger partial charge in [-0.25, -0.2) is 8.42 Å². The molecule has 1 fully saturated rings. The van der Waals surface area contributed by atoms with Crippen LogP contribution in [0.1, 0.15) is 26.3 Å². The second kappa shape index (κ2) is 6.94. The molecule has 8 heteroatoms. The Kier molecular flexibility index (Phi) is 4.96. The maximum absolute atomic E-state index is 13.4.